The van der Waals surface area contributed by atoms with E-state index in [1.54, 1.807) is 6.92 Å². The van der Waals surface area contributed by atoms with Crippen LogP contribution in [0.15, 0.2) is 23.4 Å². The summed E-state index contributed by atoms with van der Waals surface area (Å²) in [6.07, 6.45) is 1.23. The van der Waals surface area contributed by atoms with Crippen LogP contribution in [0.2, 0.25) is 0 Å². The minimum absolute atomic E-state index is 0.0450. The number of hydrogen-bond donors (Lipinski definition) is 3. The third kappa shape index (κ3) is 3.67. The summed E-state index contributed by atoms with van der Waals surface area (Å²) in [7, 11) is 0. The average molecular weight is 346 g/mol. The van der Waals surface area contributed by atoms with Gasteiger partial charge in [0, 0.05) is 18.7 Å². The zero-order valence-corrected chi connectivity index (χ0v) is 14.0. The van der Waals surface area contributed by atoms with E-state index in [4.69, 9.17) is 5.84 Å². The first-order chi connectivity index (χ1) is 11.5. The predicted molar refractivity (Wildman–Crippen MR) is 90.9 cm³/mol. The second-order valence-corrected chi connectivity index (χ2v) is 6.45. The van der Waals surface area contributed by atoms with Crippen molar-refractivity contribution in [3.05, 3.63) is 35.2 Å². The number of rotatable bonds is 5. The maximum Gasteiger partial charge on any atom is 0.230 e. The largest absolute Gasteiger partial charge is 0.351 e. The summed E-state index contributed by atoms with van der Waals surface area (Å²) in [5.41, 5.74) is 2.96. The molecule has 1 aromatic heterocycles. The number of carbonyl (C=O) groups excluding carboxylic acids is 2. The zero-order chi connectivity index (χ0) is 17.1. The van der Waals surface area contributed by atoms with Gasteiger partial charge in [-0.2, -0.15) is 0 Å². The van der Waals surface area contributed by atoms with Crippen molar-refractivity contribution in [3.63, 3.8) is 0 Å². The summed E-state index contributed by atoms with van der Waals surface area (Å²) < 4.78 is 1.36. The molecule has 4 N–H and O–H groups in total. The third-order valence-electron chi connectivity index (χ3n) is 3.72. The molecule has 0 spiro atoms. The first-order valence-corrected chi connectivity index (χ1v) is 8.50. The molecule has 24 heavy (non-hydrogen) atoms. The van der Waals surface area contributed by atoms with Crippen LogP contribution in [0.25, 0.3) is 0 Å². The van der Waals surface area contributed by atoms with E-state index in [0.717, 1.165) is 23.2 Å². The van der Waals surface area contributed by atoms with Crippen molar-refractivity contribution in [2.45, 2.75) is 31.5 Å². The number of aromatic nitrogens is 3. The van der Waals surface area contributed by atoms with E-state index in [-0.39, 0.29) is 17.6 Å². The fourth-order valence-corrected chi connectivity index (χ4v) is 3.11. The van der Waals surface area contributed by atoms with Crippen molar-refractivity contribution < 1.29 is 9.59 Å². The maximum atomic E-state index is 12.0. The Labute approximate surface area is 143 Å². The molecule has 0 saturated heterocycles. The van der Waals surface area contributed by atoms with Crippen molar-refractivity contribution in [1.29, 1.82) is 0 Å². The summed E-state index contributed by atoms with van der Waals surface area (Å²) in [4.78, 5) is 23.3. The average Bonchev–Trinajstić information content (AvgIpc) is 2.90. The Hall–Kier alpha value is -2.55. The number of aryl methyl sites for hydroxylation is 2. The van der Waals surface area contributed by atoms with Gasteiger partial charge < -0.3 is 16.5 Å². The Kier molecular flexibility index (Phi) is 4.70. The molecule has 0 saturated carbocycles. The Morgan fingerprint density at radius 3 is 3.00 bits per heavy atom. The molecular weight excluding hydrogens is 328 g/mol. The molecular formula is C15H18N6O2S. The first kappa shape index (κ1) is 16.3. The number of nitrogens with zero attached hydrogens (tertiary/aromatic N) is 3. The molecule has 0 bridgehead atoms. The molecule has 0 radical (unpaired) electrons. The van der Waals surface area contributed by atoms with E-state index in [0.29, 0.717) is 23.9 Å². The second kappa shape index (κ2) is 6.91. The van der Waals surface area contributed by atoms with Crippen molar-refractivity contribution in [2.75, 3.05) is 16.9 Å². The summed E-state index contributed by atoms with van der Waals surface area (Å²) in [6.45, 7) is 2.19. The van der Waals surface area contributed by atoms with Gasteiger partial charge in [0.2, 0.25) is 17.0 Å². The molecule has 126 valence electrons. The van der Waals surface area contributed by atoms with Gasteiger partial charge in [0.25, 0.3) is 0 Å². The molecule has 2 aromatic rings. The third-order valence-corrected chi connectivity index (χ3v) is 4.67. The molecule has 1 aliphatic rings. The summed E-state index contributed by atoms with van der Waals surface area (Å²) in [6, 6.07) is 5.79. The molecule has 1 aliphatic heterocycles. The summed E-state index contributed by atoms with van der Waals surface area (Å²) >= 11 is 1.24. The van der Waals surface area contributed by atoms with Crippen LogP contribution in [-0.4, -0.2) is 32.4 Å². The first-order valence-electron chi connectivity index (χ1n) is 7.51. The van der Waals surface area contributed by atoms with Gasteiger partial charge in [-0.3, -0.25) is 9.59 Å². The van der Waals surface area contributed by atoms with E-state index in [2.05, 4.69) is 20.8 Å². The smallest absolute Gasteiger partial charge is 0.230 e. The molecule has 3 rings (SSSR count). The lowest BCUT2D eigenvalue weighted by molar-refractivity contribution is -0.118. The number of fused-ring (bicyclic) bond motifs is 1. The van der Waals surface area contributed by atoms with Gasteiger partial charge in [-0.15, -0.1) is 10.2 Å². The maximum absolute atomic E-state index is 12.0. The highest BCUT2D eigenvalue weighted by Gasteiger charge is 2.15. The van der Waals surface area contributed by atoms with E-state index < -0.39 is 0 Å². The lowest BCUT2D eigenvalue weighted by Crippen LogP contribution is -2.25. The van der Waals surface area contributed by atoms with Crippen LogP contribution in [0.1, 0.15) is 23.4 Å². The quantitative estimate of drug-likeness (QED) is 0.539. The van der Waals surface area contributed by atoms with Crippen molar-refractivity contribution in [2.24, 2.45) is 0 Å². The highest BCUT2D eigenvalue weighted by Crippen LogP contribution is 2.23. The number of anilines is 1. The van der Waals surface area contributed by atoms with Crippen LogP contribution < -0.4 is 16.5 Å². The van der Waals surface area contributed by atoms with Crippen LogP contribution in [0.3, 0.4) is 0 Å². The normalized spacial score (nSPS) is 13.3. The molecule has 9 heteroatoms. The van der Waals surface area contributed by atoms with Crippen molar-refractivity contribution in [3.8, 4) is 0 Å². The Bertz CT molecular complexity index is 788. The van der Waals surface area contributed by atoms with Gasteiger partial charge in [0.05, 0.1) is 5.75 Å². The van der Waals surface area contributed by atoms with Gasteiger partial charge in [-0.05, 0) is 30.5 Å². The number of carbonyl (C=O) groups is 2. The van der Waals surface area contributed by atoms with Crippen LogP contribution >= 0.6 is 11.8 Å². The van der Waals surface area contributed by atoms with Gasteiger partial charge >= 0.3 is 0 Å². The van der Waals surface area contributed by atoms with Crippen LogP contribution in [0, 0.1) is 6.92 Å². The summed E-state index contributed by atoms with van der Waals surface area (Å²) in [5, 5.41) is 13.9. The van der Waals surface area contributed by atoms with Gasteiger partial charge in [-0.1, -0.05) is 23.9 Å². The standard InChI is InChI=1S/C15H18N6O2S/c1-9-19-20-15(21(9)16)24-8-14(23)17-7-10-2-4-12-11(6-10)3-5-13(22)18-12/h2,4,6H,3,5,7-8,16H2,1H3,(H,17,23)(H,18,22). The number of thioether (sulfide) groups is 1. The molecule has 1 aromatic carbocycles. The monoisotopic (exact) mass is 346 g/mol. The zero-order valence-electron chi connectivity index (χ0n) is 13.2. The molecule has 8 nitrogen and oxygen atoms in total. The summed E-state index contributed by atoms with van der Waals surface area (Å²) in [5.74, 6) is 6.49. The van der Waals surface area contributed by atoms with Crippen LogP contribution in [0.5, 0.6) is 0 Å². The van der Waals surface area contributed by atoms with Crippen molar-refractivity contribution >= 4 is 29.3 Å². The van der Waals surface area contributed by atoms with Gasteiger partial charge in [0.15, 0.2) is 0 Å². The highest BCUT2D eigenvalue weighted by molar-refractivity contribution is 7.99. The lowest BCUT2D eigenvalue weighted by Gasteiger charge is -2.17. The molecule has 0 aliphatic carbocycles. The number of nitrogens with two attached hydrogens (primary N) is 1. The fourth-order valence-electron chi connectivity index (χ4n) is 2.38. The topological polar surface area (TPSA) is 115 Å². The lowest BCUT2D eigenvalue weighted by atomic mass is 10.0. The van der Waals surface area contributed by atoms with E-state index >= 15 is 0 Å². The number of hydrogen-bond acceptors (Lipinski definition) is 6. The minimum Gasteiger partial charge on any atom is -0.351 e. The van der Waals surface area contributed by atoms with E-state index in [1.165, 1.54) is 16.4 Å². The Morgan fingerprint density at radius 2 is 2.25 bits per heavy atom. The van der Waals surface area contributed by atoms with Crippen LogP contribution in [0.4, 0.5) is 5.69 Å². The van der Waals surface area contributed by atoms with E-state index in [9.17, 15) is 9.59 Å². The molecule has 0 atom stereocenters. The second-order valence-electron chi connectivity index (χ2n) is 5.50. The molecule has 0 unspecified atom stereocenters. The Morgan fingerprint density at radius 1 is 1.42 bits per heavy atom. The molecule has 0 fully saturated rings. The van der Waals surface area contributed by atoms with E-state index in [1.807, 2.05) is 18.2 Å². The number of amides is 2. The number of benzene rings is 1. The number of nitrogens with one attached hydrogen (secondary N) is 2. The van der Waals surface area contributed by atoms with Gasteiger partial charge in [0.1, 0.15) is 5.82 Å². The number of nitrogen functional groups attached to an aromatic ring is 1. The Balaban J connectivity index is 1.51. The van der Waals surface area contributed by atoms with Gasteiger partial charge in [-0.25, -0.2) is 4.68 Å². The minimum atomic E-state index is -0.105. The molecule has 2 amide bonds. The predicted octanol–water partition coefficient (Wildman–Crippen LogP) is 0.594. The molecule has 2 heterocycles. The SMILES string of the molecule is Cc1nnc(SCC(=O)NCc2ccc3c(c2)CCC(=O)N3)n1N. The van der Waals surface area contributed by atoms with Crippen LogP contribution in [-0.2, 0) is 22.6 Å². The fraction of sp³-hybridized carbons (Fsp3) is 0.333. The highest BCUT2D eigenvalue weighted by atomic mass is 32.2. The van der Waals surface area contributed by atoms with Crippen molar-refractivity contribution in [1.82, 2.24) is 20.2 Å².